The monoisotopic (exact) mass is 227 g/mol. The van der Waals surface area contributed by atoms with Gasteiger partial charge in [0.05, 0.1) is 5.60 Å². The van der Waals surface area contributed by atoms with E-state index >= 15 is 0 Å². The number of ether oxygens (including phenoxy) is 1. The first-order chi connectivity index (χ1) is 7.15. The van der Waals surface area contributed by atoms with Crippen molar-refractivity contribution in [3.63, 3.8) is 0 Å². The van der Waals surface area contributed by atoms with Crippen molar-refractivity contribution in [2.75, 3.05) is 39.2 Å². The molecule has 1 N–H and O–H groups in total. The van der Waals surface area contributed by atoms with E-state index in [2.05, 4.69) is 10.3 Å². The summed E-state index contributed by atoms with van der Waals surface area (Å²) in [5.41, 5.74) is 0.0100. The molecule has 1 aromatic rings. The lowest BCUT2D eigenvalue weighted by molar-refractivity contribution is -0.0496. The number of anilines is 1. The molecule has 1 saturated heterocycles. The Morgan fingerprint density at radius 1 is 1.60 bits per heavy atom. The van der Waals surface area contributed by atoms with E-state index in [1.54, 1.807) is 18.4 Å². The summed E-state index contributed by atoms with van der Waals surface area (Å²) in [4.78, 5) is 7.69. The van der Waals surface area contributed by atoms with E-state index in [4.69, 9.17) is 4.74 Å². The topological polar surface area (TPSA) is 37.4 Å². The van der Waals surface area contributed by atoms with Crippen LogP contribution in [0.1, 0.15) is 4.88 Å². The number of rotatable bonds is 4. The average Bonchev–Trinajstić information content (AvgIpc) is 2.59. The number of thiazole rings is 1. The molecular formula is C10H17N3OS. The van der Waals surface area contributed by atoms with Crippen LogP contribution in [0.4, 0.5) is 5.13 Å². The predicted molar refractivity (Wildman–Crippen MR) is 62.8 cm³/mol. The Labute approximate surface area is 94.3 Å². The highest BCUT2D eigenvalue weighted by Gasteiger charge is 2.37. The first-order valence-corrected chi connectivity index (χ1v) is 5.85. The Balaban J connectivity index is 2.04. The molecule has 15 heavy (non-hydrogen) atoms. The number of aromatic nitrogens is 1. The van der Waals surface area contributed by atoms with Gasteiger partial charge in [0.2, 0.25) is 0 Å². The Hall–Kier alpha value is -0.650. The van der Waals surface area contributed by atoms with E-state index in [-0.39, 0.29) is 5.60 Å². The predicted octanol–water partition coefficient (Wildman–Crippen LogP) is 0.740. The van der Waals surface area contributed by atoms with Gasteiger partial charge in [-0.15, -0.1) is 11.3 Å². The van der Waals surface area contributed by atoms with Gasteiger partial charge in [0, 0.05) is 51.8 Å². The Morgan fingerprint density at radius 2 is 2.33 bits per heavy atom. The maximum absolute atomic E-state index is 5.55. The molecule has 2 heterocycles. The fraction of sp³-hybridized carbons (Fsp3) is 0.700. The zero-order chi connectivity index (χ0) is 10.9. The van der Waals surface area contributed by atoms with Gasteiger partial charge in [-0.1, -0.05) is 0 Å². The van der Waals surface area contributed by atoms with Crippen molar-refractivity contribution in [2.45, 2.75) is 12.0 Å². The number of nitrogens with zero attached hydrogens (tertiary/aromatic N) is 2. The third-order valence-corrected chi connectivity index (χ3v) is 3.91. The molecule has 0 spiro atoms. The summed E-state index contributed by atoms with van der Waals surface area (Å²) in [6.45, 7) is 1.89. The number of hydrogen-bond acceptors (Lipinski definition) is 5. The van der Waals surface area contributed by atoms with Crippen LogP contribution in [0.25, 0.3) is 0 Å². The highest BCUT2D eigenvalue weighted by atomic mass is 32.1. The average molecular weight is 227 g/mol. The standard InChI is InChI=1S/C10H17N3OS/c1-13(2)9-12-5-8(15-9)4-10(14-3)6-11-7-10/h5,11H,4,6-7H2,1-3H3. The van der Waals surface area contributed by atoms with E-state index in [0.29, 0.717) is 0 Å². The van der Waals surface area contributed by atoms with Gasteiger partial charge in [-0.25, -0.2) is 4.98 Å². The summed E-state index contributed by atoms with van der Waals surface area (Å²) in [6, 6.07) is 0. The zero-order valence-corrected chi connectivity index (χ0v) is 10.2. The Morgan fingerprint density at radius 3 is 2.73 bits per heavy atom. The largest absolute Gasteiger partial charge is 0.375 e. The minimum Gasteiger partial charge on any atom is -0.375 e. The third-order valence-electron chi connectivity index (χ3n) is 2.75. The van der Waals surface area contributed by atoms with Crippen molar-refractivity contribution >= 4 is 16.5 Å². The molecule has 1 aliphatic heterocycles. The van der Waals surface area contributed by atoms with Crippen LogP contribution in [0.15, 0.2) is 6.20 Å². The summed E-state index contributed by atoms with van der Waals surface area (Å²) in [7, 11) is 5.81. The van der Waals surface area contributed by atoms with E-state index in [1.807, 2.05) is 25.2 Å². The molecule has 0 atom stereocenters. The SMILES string of the molecule is COC1(Cc2cnc(N(C)C)s2)CNC1. The second kappa shape index (κ2) is 4.08. The van der Waals surface area contributed by atoms with Gasteiger partial charge in [0.15, 0.2) is 5.13 Å². The molecule has 4 nitrogen and oxygen atoms in total. The minimum atomic E-state index is 0.0100. The smallest absolute Gasteiger partial charge is 0.184 e. The molecular weight excluding hydrogens is 210 g/mol. The van der Waals surface area contributed by atoms with E-state index in [1.165, 1.54) is 4.88 Å². The van der Waals surface area contributed by atoms with Crippen LogP contribution in [0.3, 0.4) is 0 Å². The van der Waals surface area contributed by atoms with Crippen LogP contribution in [0.2, 0.25) is 0 Å². The van der Waals surface area contributed by atoms with Gasteiger partial charge in [-0.3, -0.25) is 0 Å². The van der Waals surface area contributed by atoms with Crippen molar-refractivity contribution in [1.29, 1.82) is 0 Å². The van der Waals surface area contributed by atoms with Gasteiger partial charge in [-0.05, 0) is 0 Å². The van der Waals surface area contributed by atoms with Crippen LogP contribution in [0, 0.1) is 0 Å². The second-order valence-electron chi connectivity index (χ2n) is 4.17. The molecule has 1 aliphatic rings. The van der Waals surface area contributed by atoms with Crippen LogP contribution < -0.4 is 10.2 Å². The van der Waals surface area contributed by atoms with Gasteiger partial charge in [-0.2, -0.15) is 0 Å². The Bertz CT molecular complexity index is 328. The zero-order valence-electron chi connectivity index (χ0n) is 9.41. The molecule has 1 aromatic heterocycles. The summed E-state index contributed by atoms with van der Waals surface area (Å²) in [5.74, 6) is 0. The first kappa shape index (κ1) is 10.9. The first-order valence-electron chi connectivity index (χ1n) is 5.03. The Kier molecular flexibility index (Phi) is 2.95. The number of methoxy groups -OCH3 is 1. The highest BCUT2D eigenvalue weighted by Crippen LogP contribution is 2.27. The number of nitrogens with one attached hydrogen (secondary N) is 1. The molecule has 0 unspecified atom stereocenters. The molecule has 0 aromatic carbocycles. The van der Waals surface area contributed by atoms with Crippen LogP contribution in [-0.2, 0) is 11.2 Å². The molecule has 0 bridgehead atoms. The summed E-state index contributed by atoms with van der Waals surface area (Å²) >= 11 is 1.74. The van der Waals surface area contributed by atoms with Crippen LogP contribution >= 0.6 is 11.3 Å². The van der Waals surface area contributed by atoms with Gasteiger partial charge in [0.1, 0.15) is 0 Å². The summed E-state index contributed by atoms with van der Waals surface area (Å²) < 4.78 is 5.55. The lowest BCUT2D eigenvalue weighted by Gasteiger charge is -2.41. The van der Waals surface area contributed by atoms with E-state index < -0.39 is 0 Å². The van der Waals surface area contributed by atoms with E-state index in [9.17, 15) is 0 Å². The normalized spacial score (nSPS) is 18.6. The quantitative estimate of drug-likeness (QED) is 0.823. The second-order valence-corrected chi connectivity index (χ2v) is 5.26. The van der Waals surface area contributed by atoms with Crippen molar-refractivity contribution in [2.24, 2.45) is 0 Å². The summed E-state index contributed by atoms with van der Waals surface area (Å²) in [5, 5.41) is 4.31. The van der Waals surface area contributed by atoms with Crippen LogP contribution in [-0.4, -0.2) is 44.9 Å². The lowest BCUT2D eigenvalue weighted by Crippen LogP contribution is -2.61. The van der Waals surface area contributed by atoms with Crippen molar-refractivity contribution in [1.82, 2.24) is 10.3 Å². The van der Waals surface area contributed by atoms with Crippen molar-refractivity contribution in [3.05, 3.63) is 11.1 Å². The molecule has 2 rings (SSSR count). The molecule has 5 heteroatoms. The van der Waals surface area contributed by atoms with Gasteiger partial charge in [0.25, 0.3) is 0 Å². The molecule has 0 saturated carbocycles. The molecule has 0 radical (unpaired) electrons. The third kappa shape index (κ3) is 2.14. The fourth-order valence-corrected chi connectivity index (χ4v) is 2.61. The van der Waals surface area contributed by atoms with Gasteiger partial charge < -0.3 is 15.0 Å². The van der Waals surface area contributed by atoms with Crippen molar-refractivity contribution in [3.8, 4) is 0 Å². The lowest BCUT2D eigenvalue weighted by atomic mass is 9.92. The maximum Gasteiger partial charge on any atom is 0.184 e. The fourth-order valence-electron chi connectivity index (χ4n) is 1.65. The molecule has 0 amide bonds. The van der Waals surface area contributed by atoms with Gasteiger partial charge >= 0.3 is 0 Å². The highest BCUT2D eigenvalue weighted by molar-refractivity contribution is 7.15. The molecule has 84 valence electrons. The van der Waals surface area contributed by atoms with Crippen LogP contribution in [0.5, 0.6) is 0 Å². The van der Waals surface area contributed by atoms with E-state index in [0.717, 1.165) is 24.6 Å². The summed E-state index contributed by atoms with van der Waals surface area (Å²) in [6.07, 6.45) is 2.92. The van der Waals surface area contributed by atoms with Crippen molar-refractivity contribution < 1.29 is 4.74 Å². The molecule has 1 fully saturated rings. The maximum atomic E-state index is 5.55. The number of hydrogen-bond donors (Lipinski definition) is 1. The minimum absolute atomic E-state index is 0.0100. The molecule has 0 aliphatic carbocycles.